The second kappa shape index (κ2) is 8.12. The fraction of sp³-hybridized carbons (Fsp3) is 0.235. The molecule has 0 amide bonds. The molecule has 0 radical (unpaired) electrons. The maximum atomic E-state index is 13.2. The molecule has 0 aromatic heterocycles. The van der Waals surface area contributed by atoms with Crippen molar-refractivity contribution in [2.45, 2.75) is 18.7 Å². The number of benzene rings is 2. The molecule has 8 nitrogen and oxygen atoms in total. The average molecular weight is 396 g/mol. The van der Waals surface area contributed by atoms with Crippen molar-refractivity contribution >= 4 is 27.4 Å². The number of hydrogen-bond acceptors (Lipinski definition) is 6. The van der Waals surface area contributed by atoms with Gasteiger partial charge in [0.05, 0.1) is 27.7 Å². The van der Waals surface area contributed by atoms with Crippen molar-refractivity contribution in [3.05, 3.63) is 64.0 Å². The number of hydrogen-bond donors (Lipinski definition) is 0. The van der Waals surface area contributed by atoms with E-state index in [1.165, 1.54) is 25.1 Å². The Morgan fingerprint density at radius 2 is 1.85 bits per heavy atom. The van der Waals surface area contributed by atoms with E-state index in [0.717, 1.165) is 28.6 Å². The quantitative estimate of drug-likeness (QED) is 0.405. The summed E-state index contributed by atoms with van der Waals surface area (Å²) in [5.74, 6) is -1.45. The normalized spacial score (nSPS) is 11.1. The van der Waals surface area contributed by atoms with E-state index in [1.807, 2.05) is 0 Å². The highest BCUT2D eigenvalue weighted by molar-refractivity contribution is 7.92. The number of esters is 1. The zero-order valence-corrected chi connectivity index (χ0v) is 15.4. The van der Waals surface area contributed by atoms with Gasteiger partial charge in [-0.25, -0.2) is 12.8 Å². The molecule has 0 bridgehead atoms. The van der Waals surface area contributed by atoms with E-state index in [-0.39, 0.29) is 28.4 Å². The highest BCUT2D eigenvalue weighted by atomic mass is 32.2. The second-order valence-electron chi connectivity index (χ2n) is 5.45. The fourth-order valence-corrected chi connectivity index (χ4v) is 3.90. The van der Waals surface area contributed by atoms with Crippen molar-refractivity contribution in [2.24, 2.45) is 0 Å². The van der Waals surface area contributed by atoms with Crippen molar-refractivity contribution in [3.63, 3.8) is 0 Å². The van der Waals surface area contributed by atoms with Crippen LogP contribution in [0.15, 0.2) is 47.4 Å². The minimum absolute atomic E-state index is 0.0389. The lowest BCUT2D eigenvalue weighted by Crippen LogP contribution is -2.37. The van der Waals surface area contributed by atoms with E-state index < -0.39 is 33.3 Å². The van der Waals surface area contributed by atoms with Crippen LogP contribution < -0.4 is 4.31 Å². The summed E-state index contributed by atoms with van der Waals surface area (Å²) in [6.07, 6.45) is 0. The van der Waals surface area contributed by atoms with Crippen LogP contribution >= 0.6 is 0 Å². The number of sulfonamides is 1. The Bertz CT molecular complexity index is 960. The van der Waals surface area contributed by atoms with Gasteiger partial charge in [0.25, 0.3) is 15.7 Å². The van der Waals surface area contributed by atoms with E-state index in [1.54, 1.807) is 6.92 Å². The zero-order chi connectivity index (χ0) is 20.2. The monoisotopic (exact) mass is 396 g/mol. The molecule has 0 spiro atoms. The molecule has 2 aromatic rings. The molecule has 27 heavy (non-hydrogen) atoms. The number of ether oxygens (including phenoxy) is 1. The molecule has 2 aromatic carbocycles. The Balaban J connectivity index is 2.62. The van der Waals surface area contributed by atoms with Gasteiger partial charge in [-0.05, 0) is 44.2 Å². The molecule has 0 aliphatic heterocycles. The topological polar surface area (TPSA) is 107 Å². The third-order valence-electron chi connectivity index (χ3n) is 3.72. The number of anilines is 1. The summed E-state index contributed by atoms with van der Waals surface area (Å²) in [5, 5.41) is 11.2. The van der Waals surface area contributed by atoms with Crippen molar-refractivity contribution in [2.75, 3.05) is 17.5 Å². The summed E-state index contributed by atoms with van der Waals surface area (Å²) in [5.41, 5.74) is -0.269. The molecule has 0 heterocycles. The first-order valence-electron chi connectivity index (χ1n) is 7.86. The number of nitrogens with zero attached hydrogens (tertiary/aromatic N) is 2. The summed E-state index contributed by atoms with van der Waals surface area (Å²) in [6.45, 7) is 2.30. The number of nitro groups is 1. The Kier molecular flexibility index (Phi) is 6.11. The third-order valence-corrected chi connectivity index (χ3v) is 5.50. The van der Waals surface area contributed by atoms with Gasteiger partial charge in [0, 0.05) is 6.07 Å². The molecule has 0 N–H and O–H groups in total. The van der Waals surface area contributed by atoms with Gasteiger partial charge in [-0.15, -0.1) is 0 Å². The van der Waals surface area contributed by atoms with E-state index in [4.69, 9.17) is 4.74 Å². The van der Waals surface area contributed by atoms with E-state index in [2.05, 4.69) is 0 Å². The lowest BCUT2D eigenvalue weighted by molar-refractivity contribution is -0.385. The van der Waals surface area contributed by atoms with Crippen LogP contribution in [0.1, 0.15) is 12.5 Å². The van der Waals surface area contributed by atoms with Gasteiger partial charge in [-0.2, -0.15) is 0 Å². The molecule has 0 aliphatic rings. The van der Waals surface area contributed by atoms with Crippen molar-refractivity contribution in [3.8, 4) is 0 Å². The minimum atomic E-state index is -4.31. The molecule has 2 rings (SSSR count). The predicted molar refractivity (Wildman–Crippen MR) is 95.4 cm³/mol. The van der Waals surface area contributed by atoms with E-state index in [9.17, 15) is 27.7 Å². The van der Waals surface area contributed by atoms with Crippen molar-refractivity contribution < 1.29 is 27.3 Å². The number of carbonyl (C=O) groups is 1. The molecule has 0 aliphatic carbocycles. The maximum absolute atomic E-state index is 13.2. The predicted octanol–water partition coefficient (Wildman–Crippen LogP) is 2.80. The highest BCUT2D eigenvalue weighted by Crippen LogP contribution is 2.32. The molecule has 0 saturated carbocycles. The number of nitro benzene ring substituents is 1. The summed E-state index contributed by atoms with van der Waals surface area (Å²) in [6, 6.07) is 7.93. The van der Waals surface area contributed by atoms with Gasteiger partial charge in [0.1, 0.15) is 12.4 Å². The first-order chi connectivity index (χ1) is 12.7. The van der Waals surface area contributed by atoms with Crippen molar-refractivity contribution in [1.82, 2.24) is 0 Å². The first kappa shape index (κ1) is 20.3. The molecule has 0 saturated heterocycles. The Morgan fingerprint density at radius 1 is 1.22 bits per heavy atom. The van der Waals surface area contributed by atoms with Crippen LogP contribution in [0.4, 0.5) is 15.8 Å². The number of rotatable bonds is 7. The van der Waals surface area contributed by atoms with Crippen LogP contribution in [0.5, 0.6) is 0 Å². The van der Waals surface area contributed by atoms with Gasteiger partial charge in [0.2, 0.25) is 0 Å². The molecule has 0 unspecified atom stereocenters. The standard InChI is InChI=1S/C17H17FN2O6S/c1-3-26-17(21)11-19(15-5-4-6-16(12(15)2)20(22)23)27(24,25)14-9-7-13(18)8-10-14/h4-10H,3,11H2,1-2H3. The summed E-state index contributed by atoms with van der Waals surface area (Å²) in [4.78, 5) is 22.2. The molecular formula is C17H17FN2O6S. The van der Waals surface area contributed by atoms with Gasteiger partial charge in [-0.3, -0.25) is 19.2 Å². The van der Waals surface area contributed by atoms with Crippen LogP contribution in [0.25, 0.3) is 0 Å². The molecule has 0 atom stereocenters. The van der Waals surface area contributed by atoms with E-state index in [0.29, 0.717) is 0 Å². The molecule has 0 fully saturated rings. The van der Waals surface area contributed by atoms with Crippen LogP contribution in [-0.2, 0) is 19.6 Å². The van der Waals surface area contributed by atoms with E-state index >= 15 is 0 Å². The zero-order valence-electron chi connectivity index (χ0n) is 14.6. The molecule has 10 heteroatoms. The van der Waals surface area contributed by atoms with Crippen LogP contribution in [-0.4, -0.2) is 32.5 Å². The molecule has 144 valence electrons. The smallest absolute Gasteiger partial charge is 0.326 e. The highest BCUT2D eigenvalue weighted by Gasteiger charge is 2.30. The fourth-order valence-electron chi connectivity index (χ4n) is 2.44. The van der Waals surface area contributed by atoms with Gasteiger partial charge in [-0.1, -0.05) is 6.07 Å². The summed E-state index contributed by atoms with van der Waals surface area (Å²) >= 11 is 0. The number of carbonyl (C=O) groups excluding carboxylic acids is 1. The maximum Gasteiger partial charge on any atom is 0.326 e. The first-order valence-corrected chi connectivity index (χ1v) is 9.30. The molecular weight excluding hydrogens is 379 g/mol. The average Bonchev–Trinajstić information content (AvgIpc) is 2.60. The van der Waals surface area contributed by atoms with Gasteiger partial charge >= 0.3 is 5.97 Å². The Hall–Kier alpha value is -3.01. The van der Waals surface area contributed by atoms with Gasteiger partial charge in [0.15, 0.2) is 0 Å². The lowest BCUT2D eigenvalue weighted by atomic mass is 10.1. The van der Waals surface area contributed by atoms with Crippen LogP contribution in [0.2, 0.25) is 0 Å². The third kappa shape index (κ3) is 4.40. The lowest BCUT2D eigenvalue weighted by Gasteiger charge is -2.25. The summed E-state index contributed by atoms with van der Waals surface area (Å²) in [7, 11) is -4.31. The minimum Gasteiger partial charge on any atom is -0.465 e. The largest absolute Gasteiger partial charge is 0.465 e. The van der Waals surface area contributed by atoms with Crippen LogP contribution in [0.3, 0.4) is 0 Å². The van der Waals surface area contributed by atoms with Gasteiger partial charge < -0.3 is 4.74 Å². The van der Waals surface area contributed by atoms with Crippen molar-refractivity contribution in [1.29, 1.82) is 0 Å². The summed E-state index contributed by atoms with van der Waals surface area (Å²) < 4.78 is 44.8. The van der Waals surface area contributed by atoms with Crippen LogP contribution in [0, 0.1) is 22.9 Å². The number of halogens is 1. The Morgan fingerprint density at radius 3 is 2.41 bits per heavy atom. The second-order valence-corrected chi connectivity index (χ2v) is 7.31. The Labute approximate surface area is 155 Å². The SMILES string of the molecule is CCOC(=O)CN(c1cccc([N+](=O)[O-])c1C)S(=O)(=O)c1ccc(F)cc1.